The number of methoxy groups -OCH3 is 1. The number of amides is 1. The molecule has 1 atom stereocenters. The predicted octanol–water partition coefficient (Wildman–Crippen LogP) is 0.223. The number of carbonyl (C=O) groups excluding carboxylic acids is 1. The molecule has 0 aliphatic heterocycles. The number of carbonyl (C=O) groups is 1. The van der Waals surface area contributed by atoms with E-state index >= 15 is 0 Å². The first-order valence-corrected chi connectivity index (χ1v) is 8.08. The molecule has 1 amide bonds. The van der Waals surface area contributed by atoms with Crippen molar-refractivity contribution in [1.82, 2.24) is 10.0 Å². The second kappa shape index (κ2) is 5.90. The number of sulfonamides is 1. The zero-order valence-corrected chi connectivity index (χ0v) is 12.7. The summed E-state index contributed by atoms with van der Waals surface area (Å²) in [6.45, 7) is 1.50. The number of rotatable bonds is 6. The van der Waals surface area contributed by atoms with Gasteiger partial charge in [0.25, 0.3) is 0 Å². The van der Waals surface area contributed by atoms with Gasteiger partial charge in [0, 0.05) is 12.1 Å². The number of hydrogen-bond acceptors (Lipinski definition) is 5. The van der Waals surface area contributed by atoms with Gasteiger partial charge in [-0.3, -0.25) is 4.79 Å². The number of benzene rings is 1. The molecule has 1 aliphatic carbocycles. The third-order valence-electron chi connectivity index (χ3n) is 3.16. The fourth-order valence-corrected chi connectivity index (χ4v) is 2.98. The van der Waals surface area contributed by atoms with Gasteiger partial charge in [0.2, 0.25) is 15.9 Å². The van der Waals surface area contributed by atoms with E-state index < -0.39 is 16.1 Å². The van der Waals surface area contributed by atoms with E-state index in [0.29, 0.717) is 5.69 Å². The highest BCUT2D eigenvalue weighted by atomic mass is 32.2. The molecule has 4 N–H and O–H groups in total. The van der Waals surface area contributed by atoms with Crippen LogP contribution in [0.2, 0.25) is 0 Å². The monoisotopic (exact) mass is 313 g/mol. The van der Waals surface area contributed by atoms with Crippen molar-refractivity contribution in [2.75, 3.05) is 12.8 Å². The lowest BCUT2D eigenvalue weighted by Gasteiger charge is -2.15. The first kappa shape index (κ1) is 15.6. The molecular weight excluding hydrogens is 294 g/mol. The van der Waals surface area contributed by atoms with E-state index in [1.54, 1.807) is 0 Å². The lowest BCUT2D eigenvalue weighted by atomic mass is 10.3. The molecule has 8 heteroatoms. The van der Waals surface area contributed by atoms with Crippen molar-refractivity contribution >= 4 is 21.6 Å². The fraction of sp³-hybridized carbons (Fsp3) is 0.462. The van der Waals surface area contributed by atoms with Gasteiger partial charge >= 0.3 is 0 Å². The van der Waals surface area contributed by atoms with Crippen LogP contribution in [-0.4, -0.2) is 33.5 Å². The third kappa shape index (κ3) is 3.85. The molecule has 1 unspecified atom stereocenters. The minimum atomic E-state index is -3.82. The quantitative estimate of drug-likeness (QED) is 0.651. The largest absolute Gasteiger partial charge is 0.495 e. The van der Waals surface area contributed by atoms with Crippen molar-refractivity contribution in [3.63, 3.8) is 0 Å². The minimum absolute atomic E-state index is 0.000350. The molecule has 1 aromatic carbocycles. The van der Waals surface area contributed by atoms with Gasteiger partial charge in [0.15, 0.2) is 0 Å². The van der Waals surface area contributed by atoms with Gasteiger partial charge < -0.3 is 15.8 Å². The van der Waals surface area contributed by atoms with E-state index in [2.05, 4.69) is 10.0 Å². The summed E-state index contributed by atoms with van der Waals surface area (Å²) in [4.78, 5) is 11.8. The maximum Gasteiger partial charge on any atom is 0.241 e. The van der Waals surface area contributed by atoms with Crippen LogP contribution in [0.1, 0.15) is 19.8 Å². The average Bonchev–Trinajstić information content (AvgIpc) is 3.22. The van der Waals surface area contributed by atoms with E-state index in [-0.39, 0.29) is 22.6 Å². The molecule has 0 bridgehead atoms. The normalized spacial score (nSPS) is 16.3. The molecule has 0 spiro atoms. The molecule has 0 saturated heterocycles. The Balaban J connectivity index is 2.11. The zero-order chi connectivity index (χ0) is 15.6. The van der Waals surface area contributed by atoms with E-state index in [9.17, 15) is 13.2 Å². The van der Waals surface area contributed by atoms with Crippen LogP contribution in [0, 0.1) is 0 Å². The van der Waals surface area contributed by atoms with Crippen molar-refractivity contribution in [1.29, 1.82) is 0 Å². The van der Waals surface area contributed by atoms with Gasteiger partial charge in [-0.25, -0.2) is 8.42 Å². The predicted molar refractivity (Wildman–Crippen MR) is 78.4 cm³/mol. The Kier molecular flexibility index (Phi) is 4.38. The van der Waals surface area contributed by atoms with Crippen LogP contribution < -0.4 is 20.5 Å². The Bertz CT molecular complexity index is 641. The molecule has 0 aromatic heterocycles. The Labute approximate surface area is 123 Å². The van der Waals surface area contributed by atoms with Crippen molar-refractivity contribution in [2.45, 2.75) is 36.7 Å². The maximum atomic E-state index is 12.2. The van der Waals surface area contributed by atoms with Gasteiger partial charge in [-0.1, -0.05) is 0 Å². The van der Waals surface area contributed by atoms with Gasteiger partial charge in [-0.2, -0.15) is 4.72 Å². The molecular formula is C13H19N3O4S. The Morgan fingerprint density at radius 3 is 2.67 bits per heavy atom. The van der Waals surface area contributed by atoms with Crippen LogP contribution in [0.25, 0.3) is 0 Å². The summed E-state index contributed by atoms with van der Waals surface area (Å²) < 4.78 is 31.8. The zero-order valence-electron chi connectivity index (χ0n) is 11.9. The van der Waals surface area contributed by atoms with Crippen molar-refractivity contribution in [2.24, 2.45) is 0 Å². The number of nitrogens with two attached hydrogens (primary N) is 1. The summed E-state index contributed by atoms with van der Waals surface area (Å²) in [6.07, 6.45) is 1.89. The van der Waals surface area contributed by atoms with E-state index in [0.717, 1.165) is 12.8 Å². The fourth-order valence-electron chi connectivity index (χ4n) is 1.77. The van der Waals surface area contributed by atoms with Crippen molar-refractivity contribution in [3.05, 3.63) is 18.2 Å². The standard InChI is InChI=1S/C13H19N3O4S/c1-8(13(17)15-9-3-4-9)16-21(18,19)10-5-6-11(14)12(7-10)20-2/h5-9,16H,3-4,14H2,1-2H3,(H,15,17). The summed E-state index contributed by atoms with van der Waals surface area (Å²) in [5.74, 6) is -0.0588. The Morgan fingerprint density at radius 2 is 2.10 bits per heavy atom. The topological polar surface area (TPSA) is 111 Å². The van der Waals surface area contributed by atoms with Gasteiger partial charge in [-0.15, -0.1) is 0 Å². The Morgan fingerprint density at radius 1 is 1.43 bits per heavy atom. The summed E-state index contributed by atoms with van der Waals surface area (Å²) in [5.41, 5.74) is 5.99. The van der Waals surface area contributed by atoms with Gasteiger partial charge in [-0.05, 0) is 31.9 Å². The molecule has 1 saturated carbocycles. The van der Waals surface area contributed by atoms with E-state index in [1.165, 1.54) is 32.2 Å². The molecule has 0 radical (unpaired) electrons. The highest BCUT2D eigenvalue weighted by molar-refractivity contribution is 7.89. The minimum Gasteiger partial charge on any atom is -0.495 e. The summed E-state index contributed by atoms with van der Waals surface area (Å²) in [7, 11) is -2.41. The molecule has 2 rings (SSSR count). The summed E-state index contributed by atoms with van der Waals surface area (Å²) in [5, 5.41) is 2.75. The molecule has 116 valence electrons. The molecule has 21 heavy (non-hydrogen) atoms. The molecule has 1 fully saturated rings. The second-order valence-electron chi connectivity index (χ2n) is 5.03. The number of nitrogens with one attached hydrogen (secondary N) is 2. The molecule has 1 aromatic rings. The second-order valence-corrected chi connectivity index (χ2v) is 6.74. The smallest absolute Gasteiger partial charge is 0.241 e. The lowest BCUT2D eigenvalue weighted by molar-refractivity contribution is -0.122. The van der Waals surface area contributed by atoms with Crippen LogP contribution >= 0.6 is 0 Å². The van der Waals surface area contributed by atoms with Crippen LogP contribution in [0.3, 0.4) is 0 Å². The number of nitrogen functional groups attached to an aromatic ring is 1. The number of anilines is 1. The van der Waals surface area contributed by atoms with Gasteiger partial charge in [0.05, 0.1) is 23.7 Å². The average molecular weight is 313 g/mol. The molecule has 1 aliphatic rings. The van der Waals surface area contributed by atoms with Crippen LogP contribution in [0.15, 0.2) is 23.1 Å². The van der Waals surface area contributed by atoms with E-state index in [1.807, 2.05) is 0 Å². The maximum absolute atomic E-state index is 12.2. The SMILES string of the molecule is COc1cc(S(=O)(=O)NC(C)C(=O)NC2CC2)ccc1N. The molecule has 7 nitrogen and oxygen atoms in total. The number of ether oxygens (including phenoxy) is 1. The van der Waals surface area contributed by atoms with Crippen LogP contribution in [-0.2, 0) is 14.8 Å². The number of hydrogen-bond donors (Lipinski definition) is 3. The summed E-state index contributed by atoms with van der Waals surface area (Å²) in [6, 6.07) is 3.47. The van der Waals surface area contributed by atoms with Gasteiger partial charge in [0.1, 0.15) is 5.75 Å². The van der Waals surface area contributed by atoms with Crippen molar-refractivity contribution in [3.8, 4) is 5.75 Å². The highest BCUT2D eigenvalue weighted by Gasteiger charge is 2.28. The Hall–Kier alpha value is -1.80. The lowest BCUT2D eigenvalue weighted by Crippen LogP contribution is -2.45. The third-order valence-corrected chi connectivity index (χ3v) is 4.70. The van der Waals surface area contributed by atoms with Crippen LogP contribution in [0.4, 0.5) is 5.69 Å². The van der Waals surface area contributed by atoms with E-state index in [4.69, 9.17) is 10.5 Å². The van der Waals surface area contributed by atoms with Crippen molar-refractivity contribution < 1.29 is 17.9 Å². The van der Waals surface area contributed by atoms with Crippen LogP contribution in [0.5, 0.6) is 5.75 Å². The molecule has 0 heterocycles. The first-order chi connectivity index (χ1) is 9.83. The highest BCUT2D eigenvalue weighted by Crippen LogP contribution is 2.24. The summed E-state index contributed by atoms with van der Waals surface area (Å²) >= 11 is 0. The first-order valence-electron chi connectivity index (χ1n) is 6.59.